The minimum atomic E-state index is -4.43. The fraction of sp³-hybridized carbons (Fsp3) is 0.143. The highest BCUT2D eigenvalue weighted by atomic mass is 35.5. The van der Waals surface area contributed by atoms with Gasteiger partial charge in [-0.15, -0.1) is 0 Å². The first kappa shape index (κ1) is 15.5. The van der Waals surface area contributed by atoms with Gasteiger partial charge in [0.25, 0.3) is 0 Å². The molecule has 2 rings (SSSR count). The number of hydrogen-bond acceptors (Lipinski definition) is 0. The minimum Gasteiger partial charge on any atom is -0.166 e. The minimum absolute atomic E-state index is 0.140. The van der Waals surface area contributed by atoms with Crippen LogP contribution in [-0.2, 0) is 6.18 Å². The zero-order valence-corrected chi connectivity index (χ0v) is 12.4. The van der Waals surface area contributed by atoms with Gasteiger partial charge in [0.1, 0.15) is 0 Å². The van der Waals surface area contributed by atoms with Crippen molar-refractivity contribution < 1.29 is 13.2 Å². The summed E-state index contributed by atoms with van der Waals surface area (Å²) in [6.07, 6.45) is -4.43. The maximum Gasteiger partial charge on any atom is 0.416 e. The fourth-order valence-electron chi connectivity index (χ4n) is 1.84. The monoisotopic (exact) mass is 338 g/mol. The maximum absolute atomic E-state index is 12.8. The Bertz CT molecular complexity index is 663. The highest BCUT2D eigenvalue weighted by Gasteiger charge is 2.31. The molecule has 0 aliphatic heterocycles. The normalized spacial score (nSPS) is 11.8. The maximum atomic E-state index is 12.8. The Labute approximate surface area is 129 Å². The van der Waals surface area contributed by atoms with Crippen LogP contribution >= 0.6 is 34.8 Å². The van der Waals surface area contributed by atoms with Gasteiger partial charge in [-0.25, -0.2) is 0 Å². The van der Waals surface area contributed by atoms with Crippen LogP contribution in [0.5, 0.6) is 0 Å². The lowest BCUT2D eigenvalue weighted by atomic mass is 9.97. The third-order valence-electron chi connectivity index (χ3n) is 2.88. The molecule has 0 fully saturated rings. The van der Waals surface area contributed by atoms with Crippen molar-refractivity contribution in [2.45, 2.75) is 13.1 Å². The van der Waals surface area contributed by atoms with Crippen LogP contribution in [0.15, 0.2) is 30.3 Å². The van der Waals surface area contributed by atoms with Crippen LogP contribution in [0.2, 0.25) is 15.1 Å². The Kier molecular flexibility index (Phi) is 4.24. The average Bonchev–Trinajstić information content (AvgIpc) is 2.35. The average molecular weight is 340 g/mol. The molecule has 0 N–H and O–H groups in total. The lowest BCUT2D eigenvalue weighted by molar-refractivity contribution is -0.137. The number of alkyl halides is 3. The van der Waals surface area contributed by atoms with Crippen LogP contribution in [0.25, 0.3) is 11.1 Å². The molecule has 0 saturated carbocycles. The molecule has 20 heavy (non-hydrogen) atoms. The third kappa shape index (κ3) is 2.90. The lowest BCUT2D eigenvalue weighted by Crippen LogP contribution is -2.05. The van der Waals surface area contributed by atoms with Gasteiger partial charge in [0.05, 0.1) is 20.6 Å². The summed E-state index contributed by atoms with van der Waals surface area (Å²) in [5.41, 5.74) is 0.496. The van der Waals surface area contributed by atoms with Crippen molar-refractivity contribution in [1.82, 2.24) is 0 Å². The predicted octanol–water partition coefficient (Wildman–Crippen LogP) is 6.64. The molecule has 2 aromatic carbocycles. The molecule has 106 valence electrons. The largest absolute Gasteiger partial charge is 0.416 e. The Morgan fingerprint density at radius 3 is 2.10 bits per heavy atom. The van der Waals surface area contributed by atoms with Gasteiger partial charge in [-0.1, -0.05) is 40.9 Å². The summed E-state index contributed by atoms with van der Waals surface area (Å²) >= 11 is 18.0. The molecule has 0 aliphatic carbocycles. The molecule has 0 spiro atoms. The van der Waals surface area contributed by atoms with Crippen LogP contribution in [0.3, 0.4) is 0 Å². The van der Waals surface area contributed by atoms with Gasteiger partial charge in [0.2, 0.25) is 0 Å². The van der Waals surface area contributed by atoms with Gasteiger partial charge in [-0.2, -0.15) is 13.2 Å². The third-order valence-corrected chi connectivity index (χ3v) is 4.00. The fourth-order valence-corrected chi connectivity index (χ4v) is 2.57. The highest BCUT2D eigenvalue weighted by Crippen LogP contribution is 2.42. The lowest BCUT2D eigenvalue weighted by Gasteiger charge is -2.14. The zero-order valence-electron chi connectivity index (χ0n) is 10.2. The van der Waals surface area contributed by atoms with E-state index in [0.29, 0.717) is 16.7 Å². The Morgan fingerprint density at radius 2 is 1.50 bits per heavy atom. The van der Waals surface area contributed by atoms with Gasteiger partial charge in [0.15, 0.2) is 0 Å². The number of hydrogen-bond donors (Lipinski definition) is 0. The molecular weight excluding hydrogens is 332 g/mol. The van der Waals surface area contributed by atoms with Gasteiger partial charge in [0, 0.05) is 5.56 Å². The number of aryl methyl sites for hydroxylation is 1. The highest BCUT2D eigenvalue weighted by molar-refractivity contribution is 6.46. The first-order valence-corrected chi connectivity index (χ1v) is 6.67. The molecule has 0 heterocycles. The van der Waals surface area contributed by atoms with E-state index in [2.05, 4.69) is 0 Å². The van der Waals surface area contributed by atoms with Crippen molar-refractivity contribution in [3.8, 4) is 11.1 Å². The van der Waals surface area contributed by atoms with E-state index in [-0.39, 0.29) is 15.1 Å². The van der Waals surface area contributed by atoms with Gasteiger partial charge in [-0.05, 0) is 42.3 Å². The zero-order chi connectivity index (χ0) is 15.1. The Morgan fingerprint density at radius 1 is 0.900 bits per heavy atom. The van der Waals surface area contributed by atoms with Crippen molar-refractivity contribution in [3.05, 3.63) is 56.5 Å². The topological polar surface area (TPSA) is 0 Å². The number of benzene rings is 2. The van der Waals surface area contributed by atoms with Crippen LogP contribution in [-0.4, -0.2) is 0 Å². The smallest absolute Gasteiger partial charge is 0.166 e. The quantitative estimate of drug-likeness (QED) is 0.511. The second-order valence-corrected chi connectivity index (χ2v) is 5.44. The summed E-state index contributed by atoms with van der Waals surface area (Å²) in [5, 5.41) is 0.631. The molecule has 0 radical (unpaired) electrons. The standard InChI is InChI=1S/C14H8Cl3F3/c1-7-2-3-8(14(18,19)20)6-9(7)12-10(15)4-5-11(16)13(12)17/h2-6H,1H3. The predicted molar refractivity (Wildman–Crippen MR) is 76.6 cm³/mol. The van der Waals surface area contributed by atoms with Gasteiger partial charge in [-0.3, -0.25) is 0 Å². The van der Waals surface area contributed by atoms with E-state index < -0.39 is 11.7 Å². The summed E-state index contributed by atoms with van der Waals surface area (Å²) in [6.45, 7) is 1.68. The summed E-state index contributed by atoms with van der Waals surface area (Å²) in [7, 11) is 0. The SMILES string of the molecule is Cc1ccc(C(F)(F)F)cc1-c1c(Cl)ccc(Cl)c1Cl. The molecule has 0 saturated heterocycles. The molecule has 0 atom stereocenters. The van der Waals surface area contributed by atoms with E-state index in [1.165, 1.54) is 18.2 Å². The molecule has 2 aromatic rings. The summed E-state index contributed by atoms with van der Waals surface area (Å²) in [6, 6.07) is 6.43. The van der Waals surface area contributed by atoms with E-state index in [4.69, 9.17) is 34.8 Å². The Hall–Kier alpha value is -0.900. The second kappa shape index (κ2) is 5.47. The van der Waals surface area contributed by atoms with Crippen molar-refractivity contribution in [3.63, 3.8) is 0 Å². The van der Waals surface area contributed by atoms with E-state index in [0.717, 1.165) is 12.1 Å². The van der Waals surface area contributed by atoms with E-state index in [1.807, 2.05) is 0 Å². The summed E-state index contributed by atoms with van der Waals surface area (Å²) in [4.78, 5) is 0. The summed E-state index contributed by atoms with van der Waals surface area (Å²) < 4.78 is 38.4. The second-order valence-electron chi connectivity index (χ2n) is 4.25. The first-order chi connectivity index (χ1) is 9.21. The first-order valence-electron chi connectivity index (χ1n) is 5.53. The molecule has 0 aromatic heterocycles. The van der Waals surface area contributed by atoms with Crippen molar-refractivity contribution in [2.24, 2.45) is 0 Å². The Balaban J connectivity index is 2.73. The van der Waals surface area contributed by atoms with Crippen LogP contribution < -0.4 is 0 Å². The summed E-state index contributed by atoms with van der Waals surface area (Å²) in [5.74, 6) is 0. The molecule has 0 unspecified atom stereocenters. The molecule has 0 amide bonds. The van der Waals surface area contributed by atoms with Gasteiger partial charge < -0.3 is 0 Å². The van der Waals surface area contributed by atoms with Crippen LogP contribution in [0, 0.1) is 6.92 Å². The van der Waals surface area contributed by atoms with Crippen molar-refractivity contribution >= 4 is 34.8 Å². The van der Waals surface area contributed by atoms with E-state index in [1.54, 1.807) is 6.92 Å². The van der Waals surface area contributed by atoms with Crippen LogP contribution in [0.4, 0.5) is 13.2 Å². The van der Waals surface area contributed by atoms with Crippen LogP contribution in [0.1, 0.15) is 11.1 Å². The number of rotatable bonds is 1. The van der Waals surface area contributed by atoms with E-state index >= 15 is 0 Å². The van der Waals surface area contributed by atoms with Crippen molar-refractivity contribution in [1.29, 1.82) is 0 Å². The molecule has 0 bridgehead atoms. The van der Waals surface area contributed by atoms with E-state index in [9.17, 15) is 13.2 Å². The van der Waals surface area contributed by atoms with Gasteiger partial charge >= 0.3 is 6.18 Å². The number of halogens is 6. The molecule has 0 nitrogen and oxygen atoms in total. The van der Waals surface area contributed by atoms with Crippen molar-refractivity contribution in [2.75, 3.05) is 0 Å². The molecule has 0 aliphatic rings. The molecule has 6 heteroatoms. The molecular formula is C14H8Cl3F3.